The van der Waals surface area contributed by atoms with Crippen LogP contribution in [0.5, 0.6) is 0 Å². The molecule has 1 aromatic carbocycles. The zero-order chi connectivity index (χ0) is 11.5. The van der Waals surface area contributed by atoms with E-state index in [1.807, 2.05) is 0 Å². The van der Waals surface area contributed by atoms with Crippen LogP contribution in [0.25, 0.3) is 0 Å². The van der Waals surface area contributed by atoms with Gasteiger partial charge in [0.25, 0.3) is 5.89 Å². The zero-order valence-corrected chi connectivity index (χ0v) is 8.91. The molecule has 0 saturated heterocycles. The van der Waals surface area contributed by atoms with Crippen molar-refractivity contribution in [3.05, 3.63) is 46.3 Å². The Morgan fingerprint density at radius 2 is 2.25 bits per heavy atom. The molecule has 16 heavy (non-hydrogen) atoms. The Morgan fingerprint density at radius 1 is 1.44 bits per heavy atom. The average Bonchev–Trinajstić information content (AvgIpc) is 2.73. The van der Waals surface area contributed by atoms with E-state index in [0.29, 0.717) is 11.4 Å². The van der Waals surface area contributed by atoms with Gasteiger partial charge >= 0.3 is 0 Å². The quantitative estimate of drug-likeness (QED) is 0.894. The molecule has 0 amide bonds. The number of hydrogen-bond acceptors (Lipinski definition) is 4. The van der Waals surface area contributed by atoms with Crippen molar-refractivity contribution in [3.63, 3.8) is 0 Å². The maximum Gasteiger partial charge on any atom is 0.252 e. The molecule has 0 spiro atoms. The molecule has 0 saturated carbocycles. The minimum atomic E-state index is -0.487. The summed E-state index contributed by atoms with van der Waals surface area (Å²) < 4.78 is 18.2. The van der Waals surface area contributed by atoms with Gasteiger partial charge in [-0.25, -0.2) is 4.39 Å². The highest BCUT2D eigenvalue weighted by Crippen LogP contribution is 2.19. The van der Waals surface area contributed by atoms with E-state index in [4.69, 9.17) is 16.7 Å². The van der Waals surface area contributed by atoms with Gasteiger partial charge in [-0.1, -0.05) is 28.9 Å². The third kappa shape index (κ3) is 2.20. The predicted molar refractivity (Wildman–Crippen MR) is 54.4 cm³/mol. The van der Waals surface area contributed by atoms with Crippen LogP contribution in [-0.2, 0) is 13.0 Å². The smallest absolute Gasteiger partial charge is 0.252 e. The van der Waals surface area contributed by atoms with E-state index in [2.05, 4.69) is 14.7 Å². The van der Waals surface area contributed by atoms with Gasteiger partial charge < -0.3 is 9.63 Å². The van der Waals surface area contributed by atoms with Crippen molar-refractivity contribution in [2.75, 3.05) is 0 Å². The summed E-state index contributed by atoms with van der Waals surface area (Å²) in [6, 6.07) is 4.71. The van der Waals surface area contributed by atoms with Crippen LogP contribution in [0, 0.1) is 5.82 Å². The number of nitrogens with zero attached hydrogens (tertiary/aromatic N) is 2. The molecular formula is C10H8ClFN2O2. The van der Waals surface area contributed by atoms with Crippen molar-refractivity contribution in [3.8, 4) is 0 Å². The molecule has 84 valence electrons. The molecule has 2 rings (SSSR count). The van der Waals surface area contributed by atoms with Crippen LogP contribution >= 0.6 is 11.6 Å². The van der Waals surface area contributed by atoms with Gasteiger partial charge in [0.2, 0.25) is 0 Å². The van der Waals surface area contributed by atoms with Crippen LogP contribution in [-0.4, -0.2) is 15.2 Å². The minimum absolute atomic E-state index is 0.0587. The van der Waals surface area contributed by atoms with Crippen molar-refractivity contribution in [2.45, 2.75) is 13.0 Å². The monoisotopic (exact) mass is 242 g/mol. The van der Waals surface area contributed by atoms with E-state index >= 15 is 0 Å². The van der Waals surface area contributed by atoms with Crippen molar-refractivity contribution in [1.29, 1.82) is 0 Å². The van der Waals surface area contributed by atoms with E-state index in [0.717, 1.165) is 0 Å². The minimum Gasteiger partial charge on any atom is -0.387 e. The summed E-state index contributed by atoms with van der Waals surface area (Å²) in [5, 5.41) is 12.4. The topological polar surface area (TPSA) is 59.2 Å². The zero-order valence-electron chi connectivity index (χ0n) is 8.15. The molecule has 0 aliphatic heterocycles. The van der Waals surface area contributed by atoms with Crippen molar-refractivity contribution in [2.24, 2.45) is 0 Å². The summed E-state index contributed by atoms with van der Waals surface area (Å²) in [5.41, 5.74) is 0.387. The third-order valence-corrected chi connectivity index (χ3v) is 2.32. The van der Waals surface area contributed by atoms with Crippen LogP contribution in [0.3, 0.4) is 0 Å². The normalized spacial score (nSPS) is 10.7. The Hall–Kier alpha value is -1.46. The molecule has 1 aromatic heterocycles. The number of aliphatic hydroxyl groups is 1. The van der Waals surface area contributed by atoms with Gasteiger partial charge in [-0.05, 0) is 11.6 Å². The fraction of sp³-hybridized carbons (Fsp3) is 0.200. The first-order chi connectivity index (χ1) is 7.70. The Kier molecular flexibility index (Phi) is 3.17. The molecule has 0 atom stereocenters. The highest BCUT2D eigenvalue weighted by molar-refractivity contribution is 6.30. The molecule has 1 heterocycles. The van der Waals surface area contributed by atoms with Gasteiger partial charge in [-0.15, -0.1) is 0 Å². The first kappa shape index (κ1) is 11.0. The average molecular weight is 243 g/mol. The number of rotatable bonds is 3. The summed E-state index contributed by atoms with van der Waals surface area (Å²) >= 11 is 5.63. The third-order valence-electron chi connectivity index (χ3n) is 2.03. The van der Waals surface area contributed by atoms with Crippen LogP contribution in [0.1, 0.15) is 17.3 Å². The van der Waals surface area contributed by atoms with Crippen LogP contribution < -0.4 is 0 Å². The van der Waals surface area contributed by atoms with E-state index in [-0.39, 0.29) is 23.9 Å². The van der Waals surface area contributed by atoms with E-state index in [1.54, 1.807) is 12.1 Å². The number of aliphatic hydroxyl groups excluding tert-OH is 1. The molecule has 0 aliphatic carbocycles. The first-order valence-electron chi connectivity index (χ1n) is 4.56. The van der Waals surface area contributed by atoms with Crippen LogP contribution in [0.2, 0.25) is 5.02 Å². The molecular weight excluding hydrogens is 235 g/mol. The van der Waals surface area contributed by atoms with E-state index in [9.17, 15) is 4.39 Å². The van der Waals surface area contributed by atoms with Crippen LogP contribution in [0.15, 0.2) is 22.7 Å². The molecule has 2 aromatic rings. The highest BCUT2D eigenvalue weighted by Gasteiger charge is 2.11. The summed E-state index contributed by atoms with van der Waals surface area (Å²) in [7, 11) is 0. The van der Waals surface area contributed by atoms with Crippen LogP contribution in [0.4, 0.5) is 4.39 Å². The lowest BCUT2D eigenvalue weighted by atomic mass is 10.1. The maximum atomic E-state index is 13.5. The molecule has 4 nitrogen and oxygen atoms in total. The number of halogens is 2. The fourth-order valence-corrected chi connectivity index (χ4v) is 1.48. The maximum absolute atomic E-state index is 13.5. The second kappa shape index (κ2) is 4.59. The van der Waals surface area contributed by atoms with Gasteiger partial charge in [-0.2, -0.15) is 4.98 Å². The molecule has 0 aliphatic rings. The lowest BCUT2D eigenvalue weighted by Crippen LogP contribution is -1.95. The van der Waals surface area contributed by atoms with Gasteiger partial charge in [0.1, 0.15) is 12.4 Å². The van der Waals surface area contributed by atoms with Gasteiger partial charge in [0, 0.05) is 6.42 Å². The van der Waals surface area contributed by atoms with Gasteiger partial charge in [-0.3, -0.25) is 0 Å². The molecule has 6 heteroatoms. The number of aromatic nitrogens is 2. The summed E-state index contributed by atoms with van der Waals surface area (Å²) in [5.74, 6) is -0.0674. The first-order valence-corrected chi connectivity index (χ1v) is 4.93. The summed E-state index contributed by atoms with van der Waals surface area (Å²) in [6.07, 6.45) is 0.176. The molecule has 0 unspecified atom stereocenters. The van der Waals surface area contributed by atoms with Gasteiger partial charge in [0.05, 0.1) is 5.02 Å². The highest BCUT2D eigenvalue weighted by atomic mass is 35.5. The van der Waals surface area contributed by atoms with Gasteiger partial charge in [0.15, 0.2) is 5.82 Å². The Morgan fingerprint density at radius 3 is 2.94 bits per heavy atom. The van der Waals surface area contributed by atoms with E-state index in [1.165, 1.54) is 6.07 Å². The second-order valence-corrected chi connectivity index (χ2v) is 3.56. The summed E-state index contributed by atoms with van der Waals surface area (Å²) in [6.45, 7) is -0.328. The van der Waals surface area contributed by atoms with Crippen molar-refractivity contribution >= 4 is 11.6 Å². The Labute approximate surface area is 95.7 Å². The Balaban J connectivity index is 2.23. The standard InChI is InChI=1S/C10H8ClFN2O2/c11-7-3-1-2-6(10(7)12)4-8-13-9(5-15)16-14-8/h1-3,15H,4-5H2. The summed E-state index contributed by atoms with van der Waals surface area (Å²) in [4.78, 5) is 3.86. The van der Waals surface area contributed by atoms with E-state index < -0.39 is 5.82 Å². The second-order valence-electron chi connectivity index (χ2n) is 3.15. The molecule has 0 fully saturated rings. The van der Waals surface area contributed by atoms with Crippen molar-refractivity contribution in [1.82, 2.24) is 10.1 Å². The Bertz CT molecular complexity index is 501. The predicted octanol–water partition coefficient (Wildman–Crippen LogP) is 1.95. The lowest BCUT2D eigenvalue weighted by Gasteiger charge is -2.00. The fourth-order valence-electron chi connectivity index (χ4n) is 1.28. The lowest BCUT2D eigenvalue weighted by molar-refractivity contribution is 0.222. The molecule has 0 bridgehead atoms. The van der Waals surface area contributed by atoms with Crippen molar-refractivity contribution < 1.29 is 14.0 Å². The SMILES string of the molecule is OCc1nc(Cc2cccc(Cl)c2F)no1. The molecule has 0 radical (unpaired) electrons. The largest absolute Gasteiger partial charge is 0.387 e. The molecule has 1 N–H and O–H groups in total. The number of hydrogen-bond donors (Lipinski definition) is 1. The number of benzene rings is 1.